The Morgan fingerprint density at radius 1 is 1.21 bits per heavy atom. The number of sulfonamides is 1. The van der Waals surface area contributed by atoms with Gasteiger partial charge in [0.2, 0.25) is 5.88 Å². The highest BCUT2D eigenvalue weighted by atomic mass is 35.5. The van der Waals surface area contributed by atoms with Crippen molar-refractivity contribution in [1.29, 1.82) is 0 Å². The number of carbonyl (C=O) groups excluding carboxylic acids is 1. The highest BCUT2D eigenvalue weighted by Crippen LogP contribution is 2.37. The van der Waals surface area contributed by atoms with Crippen LogP contribution >= 0.6 is 22.9 Å². The maximum atomic E-state index is 13.2. The molecular weight excluding hydrogens is 548 g/mol. The molecule has 0 radical (unpaired) electrons. The summed E-state index contributed by atoms with van der Waals surface area (Å²) in [4.78, 5) is 21.6. The zero-order valence-electron chi connectivity index (χ0n) is 21.5. The Morgan fingerprint density at radius 2 is 1.95 bits per heavy atom. The fourth-order valence-electron chi connectivity index (χ4n) is 4.48. The predicted molar refractivity (Wildman–Crippen MR) is 149 cm³/mol. The van der Waals surface area contributed by atoms with Crippen molar-refractivity contribution < 1.29 is 22.7 Å². The summed E-state index contributed by atoms with van der Waals surface area (Å²) in [5, 5.41) is 4.45. The van der Waals surface area contributed by atoms with Crippen LogP contribution < -0.4 is 14.8 Å². The topological polar surface area (TPSA) is 120 Å². The molecule has 4 rings (SSSR count). The quantitative estimate of drug-likeness (QED) is 0.291. The van der Waals surface area contributed by atoms with Gasteiger partial charge < -0.3 is 14.8 Å². The fourth-order valence-corrected chi connectivity index (χ4v) is 6.90. The smallest absolute Gasteiger partial charge is 0.308 e. The third kappa shape index (κ3) is 6.57. The van der Waals surface area contributed by atoms with Gasteiger partial charge in [-0.15, -0.1) is 0 Å². The number of anilines is 2. The normalized spacial score (nSPS) is 17.6. The van der Waals surface area contributed by atoms with E-state index in [-0.39, 0.29) is 33.4 Å². The molecule has 0 unspecified atom stereocenters. The average Bonchev–Trinajstić information content (AvgIpc) is 3.29. The Bertz CT molecular complexity index is 1390. The largest absolute Gasteiger partial charge is 0.480 e. The van der Waals surface area contributed by atoms with Crippen molar-refractivity contribution in [2.45, 2.75) is 44.4 Å². The highest BCUT2D eigenvalue weighted by molar-refractivity contribution is 7.92. The molecule has 3 aromatic rings. The summed E-state index contributed by atoms with van der Waals surface area (Å²) >= 11 is 7.59. The van der Waals surface area contributed by atoms with Gasteiger partial charge in [-0.3, -0.25) is 9.52 Å². The van der Waals surface area contributed by atoms with Crippen LogP contribution in [0.4, 0.5) is 10.8 Å². The first-order valence-corrected chi connectivity index (χ1v) is 15.1. The van der Waals surface area contributed by atoms with E-state index in [4.69, 9.17) is 21.1 Å². The summed E-state index contributed by atoms with van der Waals surface area (Å²) in [7, 11) is -2.67. The van der Waals surface area contributed by atoms with Gasteiger partial charge in [0, 0.05) is 18.3 Å². The number of hydrogen-bond acceptors (Lipinski definition) is 9. The number of thiazole rings is 1. The molecule has 38 heavy (non-hydrogen) atoms. The monoisotopic (exact) mass is 578 g/mol. The van der Waals surface area contributed by atoms with E-state index >= 15 is 0 Å². The van der Waals surface area contributed by atoms with Crippen molar-refractivity contribution in [3.63, 3.8) is 0 Å². The Morgan fingerprint density at radius 3 is 2.63 bits per heavy atom. The summed E-state index contributed by atoms with van der Waals surface area (Å²) in [6, 6.07) is 8.13. The summed E-state index contributed by atoms with van der Waals surface area (Å²) in [6.45, 7) is 4.88. The second kappa shape index (κ2) is 12.3. The van der Waals surface area contributed by atoms with Gasteiger partial charge in [0.15, 0.2) is 5.13 Å². The Balaban J connectivity index is 1.47. The van der Waals surface area contributed by atoms with Crippen molar-refractivity contribution in [2.24, 2.45) is 11.8 Å². The van der Waals surface area contributed by atoms with Crippen LogP contribution in [-0.2, 0) is 19.6 Å². The summed E-state index contributed by atoms with van der Waals surface area (Å²) in [5.41, 5.74) is 1.64. The van der Waals surface area contributed by atoms with E-state index < -0.39 is 10.0 Å². The third-order valence-corrected chi connectivity index (χ3v) is 9.34. The fraction of sp³-hybridized carbons (Fsp3) is 0.423. The first kappa shape index (κ1) is 28.1. The molecule has 1 aliphatic rings. The van der Waals surface area contributed by atoms with E-state index in [9.17, 15) is 13.2 Å². The number of para-hydroxylation sites is 1. The van der Waals surface area contributed by atoms with Crippen LogP contribution in [0.5, 0.6) is 5.88 Å². The number of carbonyl (C=O) groups is 1. The number of nitrogens with zero attached hydrogens (tertiary/aromatic N) is 2. The molecule has 0 bridgehead atoms. The van der Waals surface area contributed by atoms with E-state index in [1.54, 1.807) is 30.5 Å². The van der Waals surface area contributed by atoms with Gasteiger partial charge in [-0.25, -0.2) is 18.4 Å². The maximum absolute atomic E-state index is 13.2. The van der Waals surface area contributed by atoms with E-state index in [0.29, 0.717) is 18.1 Å². The van der Waals surface area contributed by atoms with Gasteiger partial charge in [-0.1, -0.05) is 35.1 Å². The van der Waals surface area contributed by atoms with Gasteiger partial charge in [0.1, 0.15) is 4.90 Å². The first-order valence-electron chi connectivity index (χ1n) is 12.4. The minimum Gasteiger partial charge on any atom is -0.480 e. The minimum absolute atomic E-state index is 0.000336. The molecule has 1 fully saturated rings. The van der Waals surface area contributed by atoms with Gasteiger partial charge in [0.05, 0.1) is 40.9 Å². The van der Waals surface area contributed by atoms with Crippen LogP contribution in [0.2, 0.25) is 5.02 Å². The van der Waals surface area contributed by atoms with E-state index in [1.165, 1.54) is 24.5 Å². The molecule has 9 nitrogen and oxygen atoms in total. The Kier molecular flexibility index (Phi) is 9.11. The lowest BCUT2D eigenvalue weighted by atomic mass is 9.82. The van der Waals surface area contributed by atoms with Gasteiger partial charge in [-0.05, 0) is 63.6 Å². The standard InChI is InChI=1S/C26H31ClN4O5S2/c1-4-36-25(32)18-11-9-17(10-12-18)14-29-26-30-16(2)23(37-26)19-13-22(24(35-3)28-15-19)38(33,34)31-21-8-6-5-7-20(21)27/h5-8,13,15,17-18,31H,4,9-12,14H2,1-3H3,(H,29,30)/t17-,18-. The van der Waals surface area contributed by atoms with Crippen LogP contribution in [0.15, 0.2) is 41.4 Å². The van der Waals surface area contributed by atoms with Crippen LogP contribution in [-0.4, -0.2) is 44.6 Å². The second-order valence-electron chi connectivity index (χ2n) is 9.10. The number of methoxy groups -OCH3 is 1. The van der Waals surface area contributed by atoms with Crippen LogP contribution in [0.1, 0.15) is 38.3 Å². The SMILES string of the molecule is CCOC(=O)[C@H]1CC[C@H](CNc2nc(C)c(-c3cnc(OC)c(S(=O)(=O)Nc4ccccc4Cl)c3)s2)CC1. The van der Waals surface area contributed by atoms with Crippen LogP contribution in [0.3, 0.4) is 0 Å². The number of halogens is 1. The van der Waals surface area contributed by atoms with E-state index in [1.807, 2.05) is 13.8 Å². The molecule has 2 aromatic heterocycles. The summed E-state index contributed by atoms with van der Waals surface area (Å²) in [5.74, 6) is 0.340. The predicted octanol–water partition coefficient (Wildman–Crippen LogP) is 5.76. The van der Waals surface area contributed by atoms with Crippen molar-refractivity contribution in [3.8, 4) is 16.3 Å². The zero-order valence-corrected chi connectivity index (χ0v) is 23.9. The summed E-state index contributed by atoms with van der Waals surface area (Å²) in [6.07, 6.45) is 5.16. The number of esters is 1. The highest BCUT2D eigenvalue weighted by Gasteiger charge is 2.28. The van der Waals surface area contributed by atoms with Crippen molar-refractivity contribution in [3.05, 3.63) is 47.2 Å². The summed E-state index contributed by atoms with van der Waals surface area (Å²) < 4.78 is 39.4. The van der Waals surface area contributed by atoms with Crippen LogP contribution in [0.25, 0.3) is 10.4 Å². The van der Waals surface area contributed by atoms with Gasteiger partial charge in [-0.2, -0.15) is 0 Å². The Hall–Kier alpha value is -2.89. The number of rotatable bonds is 10. The number of hydrogen-bond donors (Lipinski definition) is 2. The molecule has 0 amide bonds. The maximum Gasteiger partial charge on any atom is 0.308 e. The Labute approximate surface area is 232 Å². The van der Waals surface area contributed by atoms with Crippen molar-refractivity contribution in [2.75, 3.05) is 30.3 Å². The molecule has 2 N–H and O–H groups in total. The number of ether oxygens (including phenoxy) is 2. The molecule has 1 aromatic carbocycles. The molecule has 0 aliphatic heterocycles. The number of aryl methyl sites for hydroxylation is 1. The van der Waals surface area contributed by atoms with Crippen molar-refractivity contribution >= 4 is 49.7 Å². The second-order valence-corrected chi connectivity index (χ2v) is 12.2. The third-order valence-electron chi connectivity index (χ3n) is 6.49. The molecule has 0 atom stereocenters. The first-order chi connectivity index (χ1) is 18.2. The molecule has 0 spiro atoms. The molecular formula is C26H31ClN4O5S2. The molecule has 204 valence electrons. The van der Waals surface area contributed by atoms with Gasteiger partial charge in [0.25, 0.3) is 10.0 Å². The lowest BCUT2D eigenvalue weighted by Crippen LogP contribution is -2.26. The molecule has 1 saturated carbocycles. The van der Waals surface area contributed by atoms with Gasteiger partial charge >= 0.3 is 5.97 Å². The number of aromatic nitrogens is 2. The number of pyridine rings is 1. The van der Waals surface area contributed by atoms with E-state index in [2.05, 4.69) is 20.0 Å². The number of nitrogens with one attached hydrogen (secondary N) is 2. The van der Waals surface area contributed by atoms with E-state index in [0.717, 1.165) is 47.9 Å². The minimum atomic E-state index is -4.04. The van der Waals surface area contributed by atoms with Crippen LogP contribution in [0, 0.1) is 18.8 Å². The zero-order chi connectivity index (χ0) is 27.3. The van der Waals surface area contributed by atoms with Crippen molar-refractivity contribution in [1.82, 2.24) is 9.97 Å². The molecule has 1 aliphatic carbocycles. The lowest BCUT2D eigenvalue weighted by Gasteiger charge is -2.27. The number of benzene rings is 1. The average molecular weight is 579 g/mol. The molecule has 2 heterocycles. The molecule has 0 saturated heterocycles. The lowest BCUT2D eigenvalue weighted by molar-refractivity contribution is -0.149. The molecule has 12 heteroatoms.